The predicted molar refractivity (Wildman–Crippen MR) is 78.6 cm³/mol. The van der Waals surface area contributed by atoms with E-state index in [0.29, 0.717) is 17.9 Å². The average Bonchev–Trinajstić information content (AvgIpc) is 2.83. The normalized spacial score (nSPS) is 13.6. The lowest BCUT2D eigenvalue weighted by Gasteiger charge is -2.26. The second-order valence-corrected chi connectivity index (χ2v) is 6.01. The van der Waals surface area contributed by atoms with Gasteiger partial charge in [0.2, 0.25) is 5.89 Å². The van der Waals surface area contributed by atoms with Crippen molar-refractivity contribution in [1.29, 1.82) is 0 Å². The predicted octanol–water partition coefficient (Wildman–Crippen LogP) is 2.58. The molecule has 1 atom stereocenters. The monoisotopic (exact) mass is 268 g/mol. The molecule has 0 saturated carbocycles. The summed E-state index contributed by atoms with van der Waals surface area (Å²) in [6, 6.07) is 0.398. The molecule has 0 amide bonds. The highest BCUT2D eigenvalue weighted by molar-refractivity contribution is 5.29. The molecule has 1 rings (SSSR count). The maximum Gasteiger partial charge on any atom is 0.266 e. The van der Waals surface area contributed by atoms with E-state index in [4.69, 9.17) is 4.52 Å². The summed E-state index contributed by atoms with van der Waals surface area (Å²) in [7, 11) is 2.04. The van der Waals surface area contributed by atoms with E-state index in [-0.39, 0.29) is 5.41 Å². The van der Waals surface area contributed by atoms with Gasteiger partial charge in [0.05, 0.1) is 0 Å². The number of likely N-dealkylation sites (N-methyl/N-ethyl adjacent to an activating group) is 2. The molecule has 19 heavy (non-hydrogen) atoms. The zero-order valence-corrected chi connectivity index (χ0v) is 13.2. The molecule has 0 radical (unpaired) electrons. The zero-order chi connectivity index (χ0) is 14.5. The van der Waals surface area contributed by atoms with Gasteiger partial charge in [-0.3, -0.25) is 0 Å². The Labute approximate surface area is 116 Å². The Balaban J connectivity index is 2.78. The molecule has 0 aliphatic rings. The number of rotatable bonds is 7. The third-order valence-corrected chi connectivity index (χ3v) is 3.17. The van der Waals surface area contributed by atoms with Crippen molar-refractivity contribution < 1.29 is 4.52 Å². The quantitative estimate of drug-likeness (QED) is 0.823. The molecule has 1 unspecified atom stereocenters. The Morgan fingerprint density at radius 1 is 1.32 bits per heavy atom. The van der Waals surface area contributed by atoms with Gasteiger partial charge in [-0.15, -0.1) is 0 Å². The minimum Gasteiger partial charge on any atom is -0.337 e. The SMILES string of the molecule is CCCC(CNCC)N(C)c1noc(C(C)(C)C)n1. The number of anilines is 1. The van der Waals surface area contributed by atoms with Gasteiger partial charge >= 0.3 is 0 Å². The summed E-state index contributed by atoms with van der Waals surface area (Å²) in [4.78, 5) is 6.63. The third-order valence-electron chi connectivity index (χ3n) is 3.17. The van der Waals surface area contributed by atoms with Crippen LogP contribution in [0.3, 0.4) is 0 Å². The number of hydrogen-bond acceptors (Lipinski definition) is 5. The van der Waals surface area contributed by atoms with E-state index in [0.717, 1.165) is 25.9 Å². The Morgan fingerprint density at radius 3 is 2.47 bits per heavy atom. The summed E-state index contributed by atoms with van der Waals surface area (Å²) in [6.45, 7) is 12.5. The van der Waals surface area contributed by atoms with Crippen LogP contribution in [0.1, 0.15) is 53.4 Å². The molecular weight excluding hydrogens is 240 g/mol. The molecule has 5 nitrogen and oxygen atoms in total. The number of nitrogens with one attached hydrogen (secondary N) is 1. The van der Waals surface area contributed by atoms with E-state index in [1.165, 1.54) is 0 Å². The van der Waals surface area contributed by atoms with E-state index >= 15 is 0 Å². The third kappa shape index (κ3) is 4.49. The van der Waals surface area contributed by atoms with Crippen molar-refractivity contribution in [2.24, 2.45) is 0 Å². The van der Waals surface area contributed by atoms with Crippen LogP contribution in [0.5, 0.6) is 0 Å². The van der Waals surface area contributed by atoms with Crippen LogP contribution in [0, 0.1) is 0 Å². The van der Waals surface area contributed by atoms with Crippen LogP contribution in [0.25, 0.3) is 0 Å². The first-order chi connectivity index (χ1) is 8.90. The van der Waals surface area contributed by atoms with Crippen LogP contribution < -0.4 is 10.2 Å². The summed E-state index contributed by atoms with van der Waals surface area (Å²) in [6.07, 6.45) is 2.26. The van der Waals surface area contributed by atoms with Crippen LogP contribution in [0.2, 0.25) is 0 Å². The fourth-order valence-electron chi connectivity index (χ4n) is 1.90. The van der Waals surface area contributed by atoms with Gasteiger partial charge in [0.1, 0.15) is 0 Å². The lowest BCUT2D eigenvalue weighted by atomic mass is 9.97. The van der Waals surface area contributed by atoms with E-state index in [9.17, 15) is 0 Å². The fraction of sp³-hybridized carbons (Fsp3) is 0.857. The summed E-state index contributed by atoms with van der Waals surface area (Å²) in [5.74, 6) is 1.37. The highest BCUT2D eigenvalue weighted by Gasteiger charge is 2.25. The van der Waals surface area contributed by atoms with Crippen molar-refractivity contribution in [3.8, 4) is 0 Å². The molecule has 5 heteroatoms. The van der Waals surface area contributed by atoms with E-state index in [1.807, 2.05) is 7.05 Å². The van der Waals surface area contributed by atoms with E-state index in [1.54, 1.807) is 0 Å². The van der Waals surface area contributed by atoms with Crippen molar-refractivity contribution in [3.05, 3.63) is 5.89 Å². The van der Waals surface area contributed by atoms with Gasteiger partial charge in [-0.25, -0.2) is 0 Å². The summed E-state index contributed by atoms with van der Waals surface area (Å²) < 4.78 is 5.36. The van der Waals surface area contributed by atoms with Gasteiger partial charge in [-0.1, -0.05) is 41.0 Å². The van der Waals surface area contributed by atoms with E-state index in [2.05, 4.69) is 55.0 Å². The van der Waals surface area contributed by atoms with Crippen molar-refractivity contribution >= 4 is 5.95 Å². The molecule has 0 saturated heterocycles. The van der Waals surface area contributed by atoms with Crippen molar-refractivity contribution in [2.45, 2.75) is 58.9 Å². The van der Waals surface area contributed by atoms with Crippen LogP contribution in [0.4, 0.5) is 5.95 Å². The molecule has 1 heterocycles. The van der Waals surface area contributed by atoms with Gasteiger partial charge in [-0.2, -0.15) is 4.98 Å². The molecule has 0 fully saturated rings. The molecule has 1 aromatic heterocycles. The molecule has 0 bridgehead atoms. The first kappa shape index (κ1) is 16.0. The van der Waals surface area contributed by atoms with Crippen molar-refractivity contribution in [3.63, 3.8) is 0 Å². The average molecular weight is 268 g/mol. The van der Waals surface area contributed by atoms with Crippen LogP contribution in [-0.2, 0) is 5.41 Å². The number of nitrogens with zero attached hydrogens (tertiary/aromatic N) is 3. The van der Waals surface area contributed by atoms with E-state index < -0.39 is 0 Å². The number of aromatic nitrogens is 2. The van der Waals surface area contributed by atoms with Gasteiger partial charge in [-0.05, 0) is 18.1 Å². The molecule has 0 aliphatic carbocycles. The van der Waals surface area contributed by atoms with Crippen LogP contribution in [0.15, 0.2) is 4.52 Å². The molecule has 1 aromatic rings. The Bertz CT molecular complexity index is 370. The molecule has 0 aliphatic heterocycles. The highest BCUT2D eigenvalue weighted by Crippen LogP contribution is 2.23. The minimum atomic E-state index is -0.103. The summed E-state index contributed by atoms with van der Waals surface area (Å²) in [5.41, 5.74) is -0.103. The highest BCUT2D eigenvalue weighted by atomic mass is 16.5. The lowest BCUT2D eigenvalue weighted by Crippen LogP contribution is -2.40. The lowest BCUT2D eigenvalue weighted by molar-refractivity contribution is 0.320. The topological polar surface area (TPSA) is 54.2 Å². The zero-order valence-electron chi connectivity index (χ0n) is 13.2. The first-order valence-corrected chi connectivity index (χ1v) is 7.17. The smallest absolute Gasteiger partial charge is 0.266 e. The molecule has 110 valence electrons. The van der Waals surface area contributed by atoms with Crippen molar-refractivity contribution in [2.75, 3.05) is 25.0 Å². The van der Waals surface area contributed by atoms with Crippen LogP contribution in [-0.4, -0.2) is 36.3 Å². The summed E-state index contributed by atoms with van der Waals surface area (Å²) in [5, 5.41) is 7.50. The van der Waals surface area contributed by atoms with Gasteiger partial charge in [0.15, 0.2) is 0 Å². The van der Waals surface area contributed by atoms with Crippen molar-refractivity contribution in [1.82, 2.24) is 15.5 Å². The molecule has 0 spiro atoms. The Hall–Kier alpha value is -1.10. The standard InChI is InChI=1S/C14H28N4O/c1-7-9-11(10-15-8-2)18(6)13-16-12(19-17-13)14(3,4)5/h11,15H,7-10H2,1-6H3. The largest absolute Gasteiger partial charge is 0.337 e. The first-order valence-electron chi connectivity index (χ1n) is 7.17. The maximum atomic E-state index is 5.36. The fourth-order valence-corrected chi connectivity index (χ4v) is 1.90. The molecular formula is C14H28N4O. The van der Waals surface area contributed by atoms with Crippen LogP contribution >= 0.6 is 0 Å². The molecule has 0 aromatic carbocycles. The Kier molecular flexibility index (Phi) is 5.79. The Morgan fingerprint density at radius 2 is 2.00 bits per heavy atom. The molecule has 1 N–H and O–H groups in total. The second-order valence-electron chi connectivity index (χ2n) is 6.01. The minimum absolute atomic E-state index is 0.103. The number of hydrogen-bond donors (Lipinski definition) is 1. The van der Waals surface area contributed by atoms with Gasteiger partial charge in [0, 0.05) is 25.0 Å². The second kappa shape index (κ2) is 6.89. The maximum absolute atomic E-state index is 5.36. The van der Waals surface area contributed by atoms with Gasteiger partial charge in [0.25, 0.3) is 5.95 Å². The summed E-state index contributed by atoms with van der Waals surface area (Å²) >= 11 is 0. The van der Waals surface area contributed by atoms with Gasteiger partial charge < -0.3 is 14.7 Å².